The zero-order valence-electron chi connectivity index (χ0n) is 30.7. The molecule has 256 valence electrons. The number of hydrogen-bond donors (Lipinski definition) is 0. The number of aryl methyl sites for hydroxylation is 4. The molecular formula is C50H45NS. The second-order valence-electron chi connectivity index (χ2n) is 14.0. The van der Waals surface area contributed by atoms with E-state index in [-0.39, 0.29) is 0 Å². The van der Waals surface area contributed by atoms with Crippen LogP contribution in [0.1, 0.15) is 85.2 Å². The molecule has 1 heterocycles. The second-order valence-corrected chi connectivity index (χ2v) is 15.4. The molecule has 0 radical (unpaired) electrons. The molecule has 0 N–H and O–H groups in total. The first kappa shape index (κ1) is 33.7. The van der Waals surface area contributed by atoms with Gasteiger partial charge in [-0.25, -0.2) is 0 Å². The number of thiophene rings is 1. The molecule has 0 spiro atoms. The quantitative estimate of drug-likeness (QED) is 0.146. The molecule has 0 amide bonds. The fourth-order valence-electron chi connectivity index (χ4n) is 8.71. The average molecular weight is 692 g/mol. The number of benzene rings is 5. The van der Waals surface area contributed by atoms with E-state index in [0.29, 0.717) is 0 Å². The van der Waals surface area contributed by atoms with Crippen molar-refractivity contribution < 1.29 is 0 Å². The SMILES string of the molecule is C=Cc1c(C)cc2c(c1C=C)-c1ccc(N(C3=CCCc4sc(C)c(/C=C\CC)c43)c3ccc(C)cc3)cc1C2(c1ccccc1)c1ccccc1. The third kappa shape index (κ3) is 5.20. The van der Waals surface area contributed by atoms with Gasteiger partial charge in [0.1, 0.15) is 0 Å². The van der Waals surface area contributed by atoms with Gasteiger partial charge in [-0.1, -0.05) is 141 Å². The van der Waals surface area contributed by atoms with Crippen molar-refractivity contribution in [2.24, 2.45) is 0 Å². The highest BCUT2D eigenvalue weighted by Crippen LogP contribution is 2.59. The minimum Gasteiger partial charge on any atom is -0.310 e. The molecule has 2 heteroatoms. The van der Waals surface area contributed by atoms with Gasteiger partial charge in [0, 0.05) is 26.7 Å². The lowest BCUT2D eigenvalue weighted by atomic mass is 9.67. The zero-order valence-corrected chi connectivity index (χ0v) is 31.5. The number of nitrogens with zero attached hydrogens (tertiary/aromatic N) is 1. The summed E-state index contributed by atoms with van der Waals surface area (Å²) in [5, 5.41) is 0. The standard InChI is InChI=1S/C50H45NS/c1-7-10-22-42-35(6)52-47-24-17-23-46(49(42)47)51(38-27-25-33(4)26-28-38)39-29-30-43-44(32-39)50(36-18-13-11-14-19-36,37-20-15-12-16-21-37)45-31-34(5)40(8-2)41(9-3)48(43)45/h8-16,18-23,25-32H,2-3,7,17,24H2,1,4-6H3/b22-10-. The van der Waals surface area contributed by atoms with E-state index >= 15 is 0 Å². The maximum atomic E-state index is 4.36. The maximum absolute atomic E-state index is 4.36. The summed E-state index contributed by atoms with van der Waals surface area (Å²) in [6.07, 6.45) is 14.2. The fraction of sp³-hybridized carbons (Fsp3) is 0.160. The molecule has 52 heavy (non-hydrogen) atoms. The lowest BCUT2D eigenvalue weighted by Gasteiger charge is -2.36. The molecule has 6 aromatic rings. The number of rotatable bonds is 9. The fourth-order valence-corrected chi connectivity index (χ4v) is 9.90. The predicted molar refractivity (Wildman–Crippen MR) is 227 cm³/mol. The number of allylic oxidation sites excluding steroid dienone is 2. The molecule has 0 fully saturated rings. The summed E-state index contributed by atoms with van der Waals surface area (Å²) in [4.78, 5) is 5.38. The van der Waals surface area contributed by atoms with Crippen molar-refractivity contribution in [2.45, 2.75) is 52.4 Å². The maximum Gasteiger partial charge on any atom is 0.0714 e. The molecule has 0 saturated heterocycles. The molecule has 1 aromatic heterocycles. The summed E-state index contributed by atoms with van der Waals surface area (Å²) in [6.45, 7) is 17.5. The van der Waals surface area contributed by atoms with Gasteiger partial charge < -0.3 is 4.90 Å². The Bertz CT molecular complexity index is 2350. The highest BCUT2D eigenvalue weighted by Gasteiger charge is 2.47. The molecule has 0 bridgehead atoms. The van der Waals surface area contributed by atoms with Gasteiger partial charge in [-0.15, -0.1) is 11.3 Å². The summed E-state index contributed by atoms with van der Waals surface area (Å²) in [5.41, 5.74) is 18.0. The third-order valence-electron chi connectivity index (χ3n) is 11.0. The van der Waals surface area contributed by atoms with Gasteiger partial charge in [0.2, 0.25) is 0 Å². The smallest absolute Gasteiger partial charge is 0.0714 e. The minimum absolute atomic E-state index is 0.551. The Labute approximate surface area is 313 Å². The lowest BCUT2D eigenvalue weighted by molar-refractivity contribution is 0.767. The molecule has 0 aliphatic heterocycles. The first-order valence-corrected chi connectivity index (χ1v) is 19.3. The Kier molecular flexibility index (Phi) is 8.81. The Morgan fingerprint density at radius 1 is 0.712 bits per heavy atom. The van der Waals surface area contributed by atoms with E-state index in [1.807, 2.05) is 23.5 Å². The summed E-state index contributed by atoms with van der Waals surface area (Å²) < 4.78 is 0. The summed E-state index contributed by atoms with van der Waals surface area (Å²) >= 11 is 1.96. The monoisotopic (exact) mass is 691 g/mol. The van der Waals surface area contributed by atoms with Crippen molar-refractivity contribution >= 4 is 46.6 Å². The van der Waals surface area contributed by atoms with E-state index in [9.17, 15) is 0 Å². The highest BCUT2D eigenvalue weighted by atomic mass is 32.1. The highest BCUT2D eigenvalue weighted by molar-refractivity contribution is 7.12. The van der Waals surface area contributed by atoms with Crippen LogP contribution in [0.15, 0.2) is 135 Å². The van der Waals surface area contributed by atoms with E-state index in [1.165, 1.54) is 71.1 Å². The largest absolute Gasteiger partial charge is 0.310 e. The van der Waals surface area contributed by atoms with Crippen molar-refractivity contribution in [3.63, 3.8) is 0 Å². The molecule has 2 aliphatic rings. The third-order valence-corrected chi connectivity index (χ3v) is 12.2. The molecule has 2 aliphatic carbocycles. The van der Waals surface area contributed by atoms with Gasteiger partial charge >= 0.3 is 0 Å². The lowest BCUT2D eigenvalue weighted by Crippen LogP contribution is -2.29. The van der Waals surface area contributed by atoms with Crippen LogP contribution in [0, 0.1) is 20.8 Å². The van der Waals surface area contributed by atoms with Crippen LogP contribution in [0.3, 0.4) is 0 Å². The number of fused-ring (bicyclic) bond motifs is 4. The molecule has 0 atom stereocenters. The van der Waals surface area contributed by atoms with E-state index in [2.05, 4.69) is 173 Å². The normalized spacial score (nSPS) is 14.0. The van der Waals surface area contributed by atoms with Crippen LogP contribution >= 0.6 is 11.3 Å². The van der Waals surface area contributed by atoms with Crippen LogP contribution in [0.4, 0.5) is 11.4 Å². The van der Waals surface area contributed by atoms with Crippen LogP contribution in [0.2, 0.25) is 0 Å². The Morgan fingerprint density at radius 3 is 2.00 bits per heavy atom. The second kappa shape index (κ2) is 13.6. The molecule has 1 nitrogen and oxygen atoms in total. The van der Waals surface area contributed by atoms with Crippen molar-refractivity contribution in [1.82, 2.24) is 0 Å². The number of anilines is 2. The van der Waals surface area contributed by atoms with Crippen LogP contribution in [0.25, 0.3) is 35.1 Å². The minimum atomic E-state index is -0.551. The summed E-state index contributed by atoms with van der Waals surface area (Å²) in [6, 6.07) is 40.8. The van der Waals surface area contributed by atoms with Gasteiger partial charge in [-0.2, -0.15) is 0 Å². The Hall–Kier alpha value is -5.44. The van der Waals surface area contributed by atoms with E-state index in [0.717, 1.165) is 41.8 Å². The summed E-state index contributed by atoms with van der Waals surface area (Å²) in [5.74, 6) is 0. The zero-order chi connectivity index (χ0) is 36.0. The van der Waals surface area contributed by atoms with E-state index < -0.39 is 5.41 Å². The Morgan fingerprint density at radius 2 is 1.37 bits per heavy atom. The van der Waals surface area contributed by atoms with Crippen molar-refractivity contribution in [2.75, 3.05) is 4.90 Å². The molecule has 0 saturated carbocycles. The van der Waals surface area contributed by atoms with Gasteiger partial charge in [0.25, 0.3) is 0 Å². The topological polar surface area (TPSA) is 3.24 Å². The molecular weight excluding hydrogens is 647 g/mol. The van der Waals surface area contributed by atoms with E-state index in [4.69, 9.17) is 0 Å². The van der Waals surface area contributed by atoms with Crippen LogP contribution in [-0.4, -0.2) is 0 Å². The first-order valence-electron chi connectivity index (χ1n) is 18.5. The Balaban J connectivity index is 1.47. The van der Waals surface area contributed by atoms with Crippen molar-refractivity contribution in [3.8, 4) is 11.1 Å². The van der Waals surface area contributed by atoms with Crippen LogP contribution in [-0.2, 0) is 11.8 Å². The van der Waals surface area contributed by atoms with Crippen molar-refractivity contribution in [1.29, 1.82) is 0 Å². The molecule has 5 aromatic carbocycles. The first-order chi connectivity index (χ1) is 25.4. The van der Waals surface area contributed by atoms with Gasteiger partial charge in [0.05, 0.1) is 11.1 Å². The summed E-state index contributed by atoms with van der Waals surface area (Å²) in [7, 11) is 0. The van der Waals surface area contributed by atoms with Crippen LogP contribution in [0.5, 0.6) is 0 Å². The van der Waals surface area contributed by atoms with E-state index in [1.54, 1.807) is 0 Å². The average Bonchev–Trinajstić information content (AvgIpc) is 3.66. The number of hydrogen-bond acceptors (Lipinski definition) is 2. The predicted octanol–water partition coefficient (Wildman–Crippen LogP) is 13.9. The van der Waals surface area contributed by atoms with Gasteiger partial charge in [-0.05, 0) is 120 Å². The van der Waals surface area contributed by atoms with Crippen molar-refractivity contribution in [3.05, 3.63) is 200 Å². The molecule has 0 unspecified atom stereocenters. The van der Waals surface area contributed by atoms with Crippen LogP contribution < -0.4 is 4.90 Å². The van der Waals surface area contributed by atoms with Gasteiger partial charge in [-0.3, -0.25) is 0 Å². The molecule has 8 rings (SSSR count). The van der Waals surface area contributed by atoms with Gasteiger partial charge in [0.15, 0.2) is 0 Å².